The topological polar surface area (TPSA) is 67.1 Å². The summed E-state index contributed by atoms with van der Waals surface area (Å²) in [6.45, 7) is 0.766. The highest BCUT2D eigenvalue weighted by Crippen LogP contribution is 2.39. The van der Waals surface area contributed by atoms with Gasteiger partial charge in [0.2, 0.25) is 0 Å². The van der Waals surface area contributed by atoms with Crippen molar-refractivity contribution < 1.29 is 0 Å². The van der Waals surface area contributed by atoms with Crippen molar-refractivity contribution in [2.75, 3.05) is 17.4 Å². The van der Waals surface area contributed by atoms with Gasteiger partial charge in [0.15, 0.2) is 0 Å². The lowest BCUT2D eigenvalue weighted by Crippen LogP contribution is -2.19. The van der Waals surface area contributed by atoms with E-state index in [9.17, 15) is 0 Å². The van der Waals surface area contributed by atoms with E-state index in [-0.39, 0.29) is 0 Å². The average molecular weight is 310 g/mol. The molecule has 106 valence electrons. The van der Waals surface area contributed by atoms with Gasteiger partial charge in [-0.05, 0) is 25.0 Å². The van der Waals surface area contributed by atoms with E-state index in [4.69, 9.17) is 17.4 Å². The van der Waals surface area contributed by atoms with E-state index >= 15 is 0 Å². The number of anilines is 2. The Hall–Kier alpha value is -1.37. The average Bonchev–Trinajstić information content (AvgIpc) is 3.22. The predicted octanol–water partition coefficient (Wildman–Crippen LogP) is 2.99. The lowest BCUT2D eigenvalue weighted by molar-refractivity contribution is 0.861. The quantitative estimate of drug-likeness (QED) is 0.656. The van der Waals surface area contributed by atoms with Crippen LogP contribution in [-0.2, 0) is 6.54 Å². The second-order valence-electron chi connectivity index (χ2n) is 4.95. The third-order valence-electron chi connectivity index (χ3n) is 3.23. The first kappa shape index (κ1) is 13.6. The lowest BCUT2D eigenvalue weighted by atomic mass is 10.3. The monoisotopic (exact) mass is 309 g/mol. The number of hydrogen-bond acceptors (Lipinski definition) is 6. The Morgan fingerprint density at radius 3 is 2.85 bits per heavy atom. The smallest absolute Gasteiger partial charge is 0.145 e. The van der Waals surface area contributed by atoms with Crippen LogP contribution in [0, 0.1) is 0 Å². The molecular formula is C13H16ClN5S. The van der Waals surface area contributed by atoms with Crippen molar-refractivity contribution in [3.05, 3.63) is 33.2 Å². The molecule has 1 aliphatic carbocycles. The van der Waals surface area contributed by atoms with Gasteiger partial charge in [-0.2, -0.15) is 0 Å². The molecule has 1 aliphatic rings. The molecule has 0 amide bonds. The first-order valence-electron chi connectivity index (χ1n) is 6.46. The van der Waals surface area contributed by atoms with Crippen molar-refractivity contribution in [2.24, 2.45) is 5.84 Å². The fourth-order valence-electron chi connectivity index (χ4n) is 2.00. The molecule has 2 aromatic rings. The molecule has 0 saturated heterocycles. The summed E-state index contributed by atoms with van der Waals surface area (Å²) in [7, 11) is 2.01. The van der Waals surface area contributed by atoms with Crippen molar-refractivity contribution in [3.63, 3.8) is 0 Å². The van der Waals surface area contributed by atoms with Crippen LogP contribution in [0.4, 0.5) is 11.6 Å². The molecule has 0 aliphatic heterocycles. The lowest BCUT2D eigenvalue weighted by Gasteiger charge is -2.18. The number of aromatic nitrogens is 2. The van der Waals surface area contributed by atoms with Gasteiger partial charge in [0.25, 0.3) is 0 Å². The highest BCUT2D eigenvalue weighted by molar-refractivity contribution is 7.16. The van der Waals surface area contributed by atoms with Gasteiger partial charge in [-0.3, -0.25) is 0 Å². The fourth-order valence-corrected chi connectivity index (χ4v) is 3.14. The fraction of sp³-hybridized carbons (Fsp3) is 0.385. The Morgan fingerprint density at radius 1 is 1.45 bits per heavy atom. The molecule has 2 heterocycles. The minimum absolute atomic E-state index is 0.492. The van der Waals surface area contributed by atoms with Crippen molar-refractivity contribution in [1.82, 2.24) is 9.97 Å². The van der Waals surface area contributed by atoms with Gasteiger partial charge in [0.1, 0.15) is 17.5 Å². The standard InChI is InChI=1S/C13H16ClN5S/c1-19(7-9-4-5-10(14)20-9)12-6-11(18-15)16-13(17-12)8-2-3-8/h4-6,8H,2-3,7,15H2,1H3,(H,16,17,18). The van der Waals surface area contributed by atoms with Crippen molar-refractivity contribution >= 4 is 34.6 Å². The molecule has 0 bridgehead atoms. The predicted molar refractivity (Wildman–Crippen MR) is 83.3 cm³/mol. The Morgan fingerprint density at radius 2 is 2.25 bits per heavy atom. The van der Waals surface area contributed by atoms with E-state index in [2.05, 4.69) is 20.3 Å². The maximum absolute atomic E-state index is 5.96. The Labute approximate surface area is 126 Å². The second-order valence-corrected chi connectivity index (χ2v) is 6.75. The highest BCUT2D eigenvalue weighted by Gasteiger charge is 2.27. The largest absolute Gasteiger partial charge is 0.354 e. The number of rotatable bonds is 5. The normalized spacial score (nSPS) is 14.3. The van der Waals surface area contributed by atoms with E-state index in [1.54, 1.807) is 11.3 Å². The molecule has 3 rings (SSSR count). The Balaban J connectivity index is 1.82. The minimum Gasteiger partial charge on any atom is -0.354 e. The zero-order chi connectivity index (χ0) is 14.1. The molecule has 2 aromatic heterocycles. The van der Waals surface area contributed by atoms with Crippen LogP contribution >= 0.6 is 22.9 Å². The molecule has 1 fully saturated rings. The van der Waals surface area contributed by atoms with Crippen LogP contribution in [0.2, 0.25) is 4.34 Å². The summed E-state index contributed by atoms with van der Waals surface area (Å²) in [6, 6.07) is 5.81. The number of halogens is 1. The summed E-state index contributed by atoms with van der Waals surface area (Å²) in [5.74, 6) is 8.40. The zero-order valence-electron chi connectivity index (χ0n) is 11.1. The van der Waals surface area contributed by atoms with Crippen LogP contribution in [-0.4, -0.2) is 17.0 Å². The summed E-state index contributed by atoms with van der Waals surface area (Å²) in [4.78, 5) is 12.3. The number of hydrazine groups is 1. The van der Waals surface area contributed by atoms with Gasteiger partial charge >= 0.3 is 0 Å². The van der Waals surface area contributed by atoms with Crippen LogP contribution < -0.4 is 16.2 Å². The molecular weight excluding hydrogens is 294 g/mol. The molecule has 20 heavy (non-hydrogen) atoms. The van der Waals surface area contributed by atoms with Crippen LogP contribution in [0.15, 0.2) is 18.2 Å². The van der Waals surface area contributed by atoms with Gasteiger partial charge in [0.05, 0.1) is 10.9 Å². The molecule has 1 saturated carbocycles. The van der Waals surface area contributed by atoms with Gasteiger partial charge in [0, 0.05) is 23.9 Å². The van der Waals surface area contributed by atoms with Gasteiger partial charge in [-0.15, -0.1) is 11.3 Å². The van der Waals surface area contributed by atoms with E-state index in [0.717, 1.165) is 35.4 Å². The molecule has 0 spiro atoms. The third kappa shape index (κ3) is 3.03. The van der Waals surface area contributed by atoms with E-state index in [1.165, 1.54) is 4.88 Å². The molecule has 0 aromatic carbocycles. The number of nitrogen functional groups attached to an aromatic ring is 1. The van der Waals surface area contributed by atoms with Crippen molar-refractivity contribution in [3.8, 4) is 0 Å². The first-order chi connectivity index (χ1) is 9.65. The summed E-state index contributed by atoms with van der Waals surface area (Å²) < 4.78 is 0.805. The molecule has 7 heteroatoms. The first-order valence-corrected chi connectivity index (χ1v) is 7.66. The van der Waals surface area contributed by atoms with E-state index < -0.39 is 0 Å². The number of nitrogens with one attached hydrogen (secondary N) is 1. The van der Waals surface area contributed by atoms with Gasteiger partial charge < -0.3 is 10.3 Å². The summed E-state index contributed by atoms with van der Waals surface area (Å²) in [5, 5.41) is 0. The second kappa shape index (κ2) is 5.55. The van der Waals surface area contributed by atoms with E-state index in [0.29, 0.717) is 11.7 Å². The molecule has 3 N–H and O–H groups in total. The van der Waals surface area contributed by atoms with Gasteiger partial charge in [-0.25, -0.2) is 15.8 Å². The summed E-state index contributed by atoms with van der Waals surface area (Å²) in [6.07, 6.45) is 2.33. The van der Waals surface area contributed by atoms with Crippen LogP contribution in [0.3, 0.4) is 0 Å². The maximum Gasteiger partial charge on any atom is 0.145 e. The molecule has 0 radical (unpaired) electrons. The molecule has 0 atom stereocenters. The zero-order valence-corrected chi connectivity index (χ0v) is 12.7. The van der Waals surface area contributed by atoms with Crippen LogP contribution in [0.5, 0.6) is 0 Å². The number of nitrogens with two attached hydrogens (primary N) is 1. The highest BCUT2D eigenvalue weighted by atomic mass is 35.5. The number of nitrogens with zero attached hydrogens (tertiary/aromatic N) is 3. The molecule has 5 nitrogen and oxygen atoms in total. The van der Waals surface area contributed by atoms with Crippen LogP contribution in [0.1, 0.15) is 29.5 Å². The number of thiophene rings is 1. The Bertz CT molecular complexity index is 611. The SMILES string of the molecule is CN(Cc1ccc(Cl)s1)c1cc(NN)nc(C2CC2)n1. The maximum atomic E-state index is 5.96. The van der Waals surface area contributed by atoms with Crippen molar-refractivity contribution in [2.45, 2.75) is 25.3 Å². The van der Waals surface area contributed by atoms with Crippen molar-refractivity contribution in [1.29, 1.82) is 0 Å². The Kier molecular flexibility index (Phi) is 3.78. The van der Waals surface area contributed by atoms with E-state index in [1.807, 2.05) is 25.2 Å². The molecule has 0 unspecified atom stereocenters. The van der Waals surface area contributed by atoms with Gasteiger partial charge in [-0.1, -0.05) is 11.6 Å². The van der Waals surface area contributed by atoms with Crippen LogP contribution in [0.25, 0.3) is 0 Å². The summed E-state index contributed by atoms with van der Waals surface area (Å²) >= 11 is 7.54. The minimum atomic E-state index is 0.492. The third-order valence-corrected chi connectivity index (χ3v) is 4.45. The number of hydrogen-bond donors (Lipinski definition) is 2. The summed E-state index contributed by atoms with van der Waals surface area (Å²) in [5.41, 5.74) is 2.62.